The van der Waals surface area contributed by atoms with Crippen molar-refractivity contribution in [1.82, 2.24) is 20.1 Å². The minimum Gasteiger partial charge on any atom is -0.486 e. The van der Waals surface area contributed by atoms with Gasteiger partial charge >= 0.3 is 0 Å². The molecule has 1 N–H and O–H groups in total. The largest absolute Gasteiger partial charge is 0.486 e. The van der Waals surface area contributed by atoms with Gasteiger partial charge in [-0.05, 0) is 56.0 Å². The lowest BCUT2D eigenvalue weighted by Crippen LogP contribution is -2.48. The lowest BCUT2D eigenvalue weighted by atomic mass is 9.71. The number of nitrogens with one attached hydrogen (secondary N) is 1. The van der Waals surface area contributed by atoms with Gasteiger partial charge in [-0.3, -0.25) is 9.89 Å². The van der Waals surface area contributed by atoms with E-state index in [2.05, 4.69) is 34.2 Å². The summed E-state index contributed by atoms with van der Waals surface area (Å²) in [6.07, 6.45) is 6.21. The minimum absolute atomic E-state index is 0.0174. The molecule has 1 spiro atoms. The second-order valence-electron chi connectivity index (χ2n) is 9.12. The summed E-state index contributed by atoms with van der Waals surface area (Å²) in [5.41, 5.74) is 4.67. The van der Waals surface area contributed by atoms with Gasteiger partial charge in [-0.25, -0.2) is 4.98 Å². The van der Waals surface area contributed by atoms with Crippen LogP contribution in [-0.4, -0.2) is 45.7 Å². The molecule has 0 bridgehead atoms. The maximum Gasteiger partial charge on any atom is 0.255 e. The fraction of sp³-hybridized carbons (Fsp3) is 0.458. The third-order valence-electron chi connectivity index (χ3n) is 7.34. The molecule has 6 rings (SSSR count). The van der Waals surface area contributed by atoms with E-state index in [1.54, 1.807) is 6.20 Å². The number of aromatic nitrogens is 3. The zero-order chi connectivity index (χ0) is 21.2. The highest BCUT2D eigenvalue weighted by Crippen LogP contribution is 2.52. The number of rotatable bonds is 1. The lowest BCUT2D eigenvalue weighted by molar-refractivity contribution is 0.0593. The van der Waals surface area contributed by atoms with Crippen LogP contribution in [0, 0.1) is 6.92 Å². The van der Waals surface area contributed by atoms with Crippen LogP contribution >= 0.6 is 0 Å². The van der Waals surface area contributed by atoms with E-state index in [9.17, 15) is 4.79 Å². The van der Waals surface area contributed by atoms with E-state index in [-0.39, 0.29) is 17.4 Å². The van der Waals surface area contributed by atoms with E-state index in [4.69, 9.17) is 9.47 Å². The Kier molecular flexibility index (Phi) is 4.04. The van der Waals surface area contributed by atoms with Gasteiger partial charge in [-0.15, -0.1) is 0 Å². The van der Waals surface area contributed by atoms with Crippen molar-refractivity contribution >= 4 is 16.9 Å². The second-order valence-corrected chi connectivity index (χ2v) is 9.12. The average Bonchev–Trinajstić information content (AvgIpc) is 3.42. The SMILES string of the molecule is Cc1[nH]nc2ncc(C(=O)N3CC4(CCCC4)c4cc5c(cc4C3C)OCCO5)cc12. The number of aryl methyl sites for hydroxylation is 1. The molecule has 7 nitrogen and oxygen atoms in total. The zero-order valence-electron chi connectivity index (χ0n) is 17.9. The monoisotopic (exact) mass is 418 g/mol. The summed E-state index contributed by atoms with van der Waals surface area (Å²) in [4.78, 5) is 20.2. The highest BCUT2D eigenvalue weighted by Gasteiger charge is 2.46. The van der Waals surface area contributed by atoms with Crippen molar-refractivity contribution in [2.75, 3.05) is 19.8 Å². The van der Waals surface area contributed by atoms with Crippen LogP contribution in [0.2, 0.25) is 0 Å². The van der Waals surface area contributed by atoms with Gasteiger partial charge in [0.05, 0.1) is 11.6 Å². The fourth-order valence-electron chi connectivity index (χ4n) is 5.65. The van der Waals surface area contributed by atoms with Crippen LogP contribution < -0.4 is 9.47 Å². The number of benzene rings is 1. The second kappa shape index (κ2) is 6.70. The van der Waals surface area contributed by atoms with Gasteiger partial charge < -0.3 is 14.4 Å². The van der Waals surface area contributed by atoms with Crippen LogP contribution in [-0.2, 0) is 5.41 Å². The number of nitrogens with zero attached hydrogens (tertiary/aromatic N) is 3. The fourth-order valence-corrected chi connectivity index (χ4v) is 5.65. The summed E-state index contributed by atoms with van der Waals surface area (Å²) in [6, 6.07) is 6.16. The first-order valence-electron chi connectivity index (χ1n) is 11.1. The van der Waals surface area contributed by atoms with Gasteiger partial charge in [0.25, 0.3) is 5.91 Å². The van der Waals surface area contributed by atoms with E-state index >= 15 is 0 Å². The molecule has 2 aliphatic heterocycles. The van der Waals surface area contributed by atoms with E-state index in [0.29, 0.717) is 24.4 Å². The number of aromatic amines is 1. The van der Waals surface area contributed by atoms with Gasteiger partial charge in [-0.2, -0.15) is 5.10 Å². The Bertz CT molecular complexity index is 1190. The molecule has 0 radical (unpaired) electrons. The molecular formula is C24H26N4O3. The number of ether oxygens (including phenoxy) is 2. The Labute approximate surface area is 180 Å². The average molecular weight is 418 g/mol. The predicted molar refractivity (Wildman–Crippen MR) is 116 cm³/mol. The van der Waals surface area contributed by atoms with Crippen LogP contribution in [0.3, 0.4) is 0 Å². The summed E-state index contributed by atoms with van der Waals surface area (Å²) < 4.78 is 11.8. The summed E-state index contributed by atoms with van der Waals surface area (Å²) in [7, 11) is 0. The van der Waals surface area contributed by atoms with E-state index < -0.39 is 0 Å². The van der Waals surface area contributed by atoms with Crippen molar-refractivity contribution in [2.45, 2.75) is 51.0 Å². The summed E-state index contributed by atoms with van der Waals surface area (Å²) in [5, 5.41) is 8.03. The zero-order valence-corrected chi connectivity index (χ0v) is 17.9. The number of carbonyl (C=O) groups is 1. The number of carbonyl (C=O) groups excluding carboxylic acids is 1. The Hall–Kier alpha value is -3.09. The molecule has 3 aliphatic rings. The summed E-state index contributed by atoms with van der Waals surface area (Å²) in [6.45, 7) is 5.93. The quantitative estimate of drug-likeness (QED) is 0.644. The Morgan fingerprint density at radius 2 is 1.90 bits per heavy atom. The topological polar surface area (TPSA) is 80.3 Å². The number of H-pyrrole nitrogens is 1. The molecule has 1 aromatic carbocycles. The molecule has 3 aromatic rings. The molecule has 2 aromatic heterocycles. The molecule has 1 fully saturated rings. The molecule has 160 valence electrons. The van der Waals surface area contributed by atoms with E-state index in [1.165, 1.54) is 24.0 Å². The normalized spacial score (nSPS) is 21.5. The number of pyridine rings is 1. The maximum atomic E-state index is 13.7. The van der Waals surface area contributed by atoms with Crippen molar-refractivity contribution in [1.29, 1.82) is 0 Å². The molecular weight excluding hydrogens is 392 g/mol. The first-order chi connectivity index (χ1) is 15.1. The van der Waals surface area contributed by atoms with Gasteiger partial charge in [-0.1, -0.05) is 12.8 Å². The van der Waals surface area contributed by atoms with Crippen LogP contribution in [0.4, 0.5) is 0 Å². The molecule has 1 saturated carbocycles. The van der Waals surface area contributed by atoms with Crippen LogP contribution in [0.15, 0.2) is 24.4 Å². The van der Waals surface area contributed by atoms with Gasteiger partial charge in [0.1, 0.15) is 13.2 Å². The van der Waals surface area contributed by atoms with Crippen LogP contribution in [0.25, 0.3) is 11.0 Å². The van der Waals surface area contributed by atoms with Gasteiger partial charge in [0.2, 0.25) is 0 Å². The highest BCUT2D eigenvalue weighted by molar-refractivity contribution is 5.97. The molecule has 1 atom stereocenters. The molecule has 4 heterocycles. The number of hydrogen-bond donors (Lipinski definition) is 1. The van der Waals surface area contributed by atoms with Crippen molar-refractivity contribution < 1.29 is 14.3 Å². The maximum absolute atomic E-state index is 13.7. The highest BCUT2D eigenvalue weighted by atomic mass is 16.6. The van der Waals surface area contributed by atoms with Gasteiger partial charge in [0, 0.05) is 29.2 Å². The summed E-state index contributed by atoms with van der Waals surface area (Å²) in [5.74, 6) is 1.65. The Morgan fingerprint density at radius 3 is 2.68 bits per heavy atom. The van der Waals surface area contributed by atoms with Crippen molar-refractivity contribution in [3.63, 3.8) is 0 Å². The number of amides is 1. The number of hydrogen-bond acceptors (Lipinski definition) is 5. The Balaban J connectivity index is 1.44. The molecule has 7 heteroatoms. The molecule has 31 heavy (non-hydrogen) atoms. The first-order valence-corrected chi connectivity index (χ1v) is 11.1. The minimum atomic E-state index is -0.0503. The lowest BCUT2D eigenvalue weighted by Gasteiger charge is -2.46. The standard InChI is InChI=1S/C24H26N4O3/c1-14-17-9-16(12-25-22(17)27-26-14)23(29)28-13-24(5-3-4-6-24)19-11-21-20(30-7-8-31-21)10-18(19)15(28)2/h9-12,15H,3-8,13H2,1-2H3,(H,25,26,27). The molecule has 0 saturated heterocycles. The third kappa shape index (κ3) is 2.75. The molecule has 1 aliphatic carbocycles. The third-order valence-corrected chi connectivity index (χ3v) is 7.34. The molecule has 1 unspecified atom stereocenters. The van der Waals surface area contributed by atoms with E-state index in [0.717, 1.165) is 42.0 Å². The van der Waals surface area contributed by atoms with Crippen molar-refractivity contribution in [2.24, 2.45) is 0 Å². The van der Waals surface area contributed by atoms with Crippen molar-refractivity contribution in [3.8, 4) is 11.5 Å². The van der Waals surface area contributed by atoms with E-state index in [1.807, 2.05) is 17.9 Å². The van der Waals surface area contributed by atoms with Crippen LogP contribution in [0.5, 0.6) is 11.5 Å². The predicted octanol–water partition coefficient (Wildman–Crippen LogP) is 4.07. The summed E-state index contributed by atoms with van der Waals surface area (Å²) >= 11 is 0. The smallest absolute Gasteiger partial charge is 0.255 e. The number of fused-ring (bicyclic) bond motifs is 4. The van der Waals surface area contributed by atoms with Crippen molar-refractivity contribution in [3.05, 3.63) is 46.8 Å². The first kappa shape index (κ1) is 18.7. The van der Waals surface area contributed by atoms with Crippen LogP contribution in [0.1, 0.15) is 65.8 Å². The molecule has 1 amide bonds. The Morgan fingerprint density at radius 1 is 1.16 bits per heavy atom. The van der Waals surface area contributed by atoms with Gasteiger partial charge in [0.15, 0.2) is 17.1 Å².